The van der Waals surface area contributed by atoms with Gasteiger partial charge < -0.3 is 4.57 Å². The number of hydrogen-bond acceptors (Lipinski definition) is 4. The topological polar surface area (TPSA) is 73.8 Å². The van der Waals surface area contributed by atoms with Crippen LogP contribution in [-0.2, 0) is 12.4 Å². The Labute approximate surface area is 110 Å². The molecule has 0 spiro atoms. The Balaban J connectivity index is 2.56. The van der Waals surface area contributed by atoms with E-state index in [-0.39, 0.29) is 5.69 Å². The number of nitro benzene ring substituents is 1. The molecule has 18 heavy (non-hydrogen) atoms. The predicted molar refractivity (Wildman–Crippen MR) is 65.7 cm³/mol. The van der Waals surface area contributed by atoms with E-state index in [9.17, 15) is 14.5 Å². The molecule has 0 N–H and O–H groups in total. The second-order valence-electron chi connectivity index (χ2n) is 3.59. The summed E-state index contributed by atoms with van der Waals surface area (Å²) in [7, 11) is 1.71. The molecule has 2 rings (SSSR count). The molecule has 0 radical (unpaired) electrons. The highest BCUT2D eigenvalue weighted by atomic mass is 79.9. The predicted octanol–water partition coefficient (Wildman–Crippen LogP) is 2.42. The van der Waals surface area contributed by atoms with E-state index >= 15 is 0 Å². The summed E-state index contributed by atoms with van der Waals surface area (Å²) in [6.45, 7) is 0. The molecule has 0 fully saturated rings. The van der Waals surface area contributed by atoms with Crippen molar-refractivity contribution < 1.29 is 9.31 Å². The van der Waals surface area contributed by atoms with Crippen LogP contribution in [0.25, 0.3) is 11.4 Å². The first-order valence-corrected chi connectivity index (χ1v) is 6.04. The van der Waals surface area contributed by atoms with E-state index in [1.165, 1.54) is 12.1 Å². The maximum Gasteiger partial charge on any atom is 0.273 e. The molecule has 1 aromatic heterocycles. The standard InChI is InChI=1S/C10H8BrFN4O2/c1-15-9(5-11)13-14-10(15)6-2-7(12)4-8(3-6)16(17)18/h2-4H,5H2,1H3. The van der Waals surface area contributed by atoms with Gasteiger partial charge in [0.25, 0.3) is 5.69 Å². The Morgan fingerprint density at radius 2 is 2.17 bits per heavy atom. The van der Waals surface area contributed by atoms with E-state index in [2.05, 4.69) is 26.1 Å². The van der Waals surface area contributed by atoms with Crippen molar-refractivity contribution in [2.75, 3.05) is 0 Å². The van der Waals surface area contributed by atoms with Crippen molar-refractivity contribution >= 4 is 21.6 Å². The van der Waals surface area contributed by atoms with E-state index < -0.39 is 10.7 Å². The smallest absolute Gasteiger partial charge is 0.273 e. The third-order valence-corrected chi connectivity index (χ3v) is 2.94. The van der Waals surface area contributed by atoms with Crippen LogP contribution in [0.3, 0.4) is 0 Å². The highest BCUT2D eigenvalue weighted by Gasteiger charge is 2.15. The summed E-state index contributed by atoms with van der Waals surface area (Å²) < 4.78 is 15.0. The van der Waals surface area contributed by atoms with Gasteiger partial charge in [0.2, 0.25) is 0 Å². The summed E-state index contributed by atoms with van der Waals surface area (Å²) in [6, 6.07) is 3.32. The van der Waals surface area contributed by atoms with Crippen LogP contribution in [0.2, 0.25) is 0 Å². The molecule has 1 heterocycles. The van der Waals surface area contributed by atoms with E-state index in [1.807, 2.05) is 0 Å². The monoisotopic (exact) mass is 314 g/mol. The number of rotatable bonds is 3. The zero-order chi connectivity index (χ0) is 13.3. The van der Waals surface area contributed by atoms with Crippen LogP contribution in [0.5, 0.6) is 0 Å². The fourth-order valence-corrected chi connectivity index (χ4v) is 2.03. The second-order valence-corrected chi connectivity index (χ2v) is 4.15. The summed E-state index contributed by atoms with van der Waals surface area (Å²) >= 11 is 3.24. The lowest BCUT2D eigenvalue weighted by atomic mass is 10.2. The number of aromatic nitrogens is 3. The summed E-state index contributed by atoms with van der Waals surface area (Å²) in [5, 5.41) is 18.9. The lowest BCUT2D eigenvalue weighted by Gasteiger charge is -2.02. The molecule has 0 amide bonds. The van der Waals surface area contributed by atoms with Crippen LogP contribution in [0.15, 0.2) is 18.2 Å². The van der Waals surface area contributed by atoms with Gasteiger partial charge >= 0.3 is 0 Å². The lowest BCUT2D eigenvalue weighted by molar-refractivity contribution is -0.385. The number of halogens is 2. The highest BCUT2D eigenvalue weighted by Crippen LogP contribution is 2.24. The molecule has 0 atom stereocenters. The number of benzene rings is 1. The van der Waals surface area contributed by atoms with Gasteiger partial charge in [0.15, 0.2) is 5.82 Å². The Bertz CT molecular complexity index is 614. The van der Waals surface area contributed by atoms with Crippen molar-refractivity contribution in [1.29, 1.82) is 0 Å². The van der Waals surface area contributed by atoms with Crippen LogP contribution >= 0.6 is 15.9 Å². The zero-order valence-electron chi connectivity index (χ0n) is 9.30. The van der Waals surface area contributed by atoms with Gasteiger partial charge in [0, 0.05) is 18.7 Å². The fourth-order valence-electron chi connectivity index (χ4n) is 1.54. The quantitative estimate of drug-likeness (QED) is 0.495. The van der Waals surface area contributed by atoms with Crippen molar-refractivity contribution in [3.05, 3.63) is 40.0 Å². The molecule has 0 saturated carbocycles. The first-order valence-electron chi connectivity index (χ1n) is 4.92. The highest BCUT2D eigenvalue weighted by molar-refractivity contribution is 9.08. The Hall–Kier alpha value is -1.83. The van der Waals surface area contributed by atoms with Gasteiger partial charge in [-0.2, -0.15) is 0 Å². The average molecular weight is 315 g/mol. The zero-order valence-corrected chi connectivity index (χ0v) is 10.9. The molecule has 1 aromatic carbocycles. The maximum absolute atomic E-state index is 13.3. The average Bonchev–Trinajstić information content (AvgIpc) is 2.69. The number of alkyl halides is 1. The molecule has 0 aliphatic rings. The van der Waals surface area contributed by atoms with Crippen LogP contribution in [0.4, 0.5) is 10.1 Å². The van der Waals surface area contributed by atoms with Crippen molar-refractivity contribution in [2.24, 2.45) is 7.05 Å². The number of hydrogen-bond donors (Lipinski definition) is 0. The third-order valence-electron chi connectivity index (χ3n) is 2.44. The molecule has 0 bridgehead atoms. The van der Waals surface area contributed by atoms with Gasteiger partial charge in [-0.05, 0) is 6.07 Å². The van der Waals surface area contributed by atoms with Gasteiger partial charge in [0.1, 0.15) is 11.6 Å². The number of nitrogens with zero attached hydrogens (tertiary/aromatic N) is 4. The first kappa shape index (κ1) is 12.6. The Morgan fingerprint density at radius 3 is 2.72 bits per heavy atom. The van der Waals surface area contributed by atoms with Gasteiger partial charge in [-0.3, -0.25) is 10.1 Å². The van der Waals surface area contributed by atoms with Gasteiger partial charge in [-0.1, -0.05) is 15.9 Å². The Morgan fingerprint density at radius 1 is 1.44 bits per heavy atom. The van der Waals surface area contributed by atoms with E-state index in [4.69, 9.17) is 0 Å². The largest absolute Gasteiger partial charge is 0.313 e. The van der Waals surface area contributed by atoms with E-state index in [0.717, 1.165) is 6.07 Å². The summed E-state index contributed by atoms with van der Waals surface area (Å²) in [5.41, 5.74) is 0.0114. The number of nitro groups is 1. The molecular formula is C10H8BrFN4O2. The second kappa shape index (κ2) is 4.81. The van der Waals surface area contributed by atoms with Gasteiger partial charge in [0.05, 0.1) is 16.3 Å². The molecule has 6 nitrogen and oxygen atoms in total. The van der Waals surface area contributed by atoms with Crippen LogP contribution in [-0.4, -0.2) is 19.7 Å². The molecule has 0 unspecified atom stereocenters. The lowest BCUT2D eigenvalue weighted by Crippen LogP contribution is -1.98. The molecule has 8 heteroatoms. The molecule has 0 saturated heterocycles. The van der Waals surface area contributed by atoms with Crippen molar-refractivity contribution in [3.8, 4) is 11.4 Å². The van der Waals surface area contributed by atoms with Crippen LogP contribution < -0.4 is 0 Å². The summed E-state index contributed by atoms with van der Waals surface area (Å²) in [6.07, 6.45) is 0. The molecule has 94 valence electrons. The molecular weight excluding hydrogens is 307 g/mol. The van der Waals surface area contributed by atoms with Crippen molar-refractivity contribution in [1.82, 2.24) is 14.8 Å². The van der Waals surface area contributed by atoms with Crippen molar-refractivity contribution in [2.45, 2.75) is 5.33 Å². The van der Waals surface area contributed by atoms with Crippen molar-refractivity contribution in [3.63, 3.8) is 0 Å². The van der Waals surface area contributed by atoms with Crippen LogP contribution in [0.1, 0.15) is 5.82 Å². The normalized spacial score (nSPS) is 10.6. The van der Waals surface area contributed by atoms with Gasteiger partial charge in [-0.25, -0.2) is 4.39 Å². The maximum atomic E-state index is 13.3. The summed E-state index contributed by atoms with van der Waals surface area (Å²) in [4.78, 5) is 10.0. The molecule has 0 aliphatic carbocycles. The van der Waals surface area contributed by atoms with E-state index in [0.29, 0.717) is 22.5 Å². The van der Waals surface area contributed by atoms with E-state index in [1.54, 1.807) is 11.6 Å². The number of non-ortho nitro benzene ring substituents is 1. The fraction of sp³-hybridized carbons (Fsp3) is 0.200. The minimum absolute atomic E-state index is 0.312. The molecule has 0 aliphatic heterocycles. The summed E-state index contributed by atoms with van der Waals surface area (Å²) in [5.74, 6) is 0.353. The van der Waals surface area contributed by atoms with Crippen LogP contribution in [0, 0.1) is 15.9 Å². The Kier molecular flexibility index (Phi) is 3.37. The SMILES string of the molecule is Cn1c(CBr)nnc1-c1cc(F)cc([N+](=O)[O-])c1. The minimum atomic E-state index is -0.678. The molecule has 2 aromatic rings. The minimum Gasteiger partial charge on any atom is -0.313 e. The van der Waals surface area contributed by atoms with Gasteiger partial charge in [-0.15, -0.1) is 10.2 Å². The third kappa shape index (κ3) is 2.23. The first-order chi connectivity index (χ1) is 8.52.